The second-order valence-electron chi connectivity index (χ2n) is 6.20. The van der Waals surface area contributed by atoms with Gasteiger partial charge in [-0.15, -0.1) is 0 Å². The lowest BCUT2D eigenvalue weighted by Crippen LogP contribution is -2.32. The molecule has 0 saturated heterocycles. The Bertz CT molecular complexity index is 792. The number of aryl methyl sites for hydroxylation is 2. The van der Waals surface area contributed by atoms with E-state index in [1.165, 1.54) is 11.0 Å². The molecule has 0 aliphatic rings. The lowest BCUT2D eigenvalue weighted by molar-refractivity contribution is -0.138. The molecule has 0 heterocycles. The number of rotatable bonds is 8. The lowest BCUT2D eigenvalue weighted by Gasteiger charge is -2.22. The van der Waals surface area contributed by atoms with Crippen LogP contribution >= 0.6 is 0 Å². The van der Waals surface area contributed by atoms with Gasteiger partial charge in [0.1, 0.15) is 0 Å². The predicted molar refractivity (Wildman–Crippen MR) is 93.5 cm³/mol. The quantitative estimate of drug-likeness (QED) is 0.780. The van der Waals surface area contributed by atoms with Crippen LogP contribution in [0.3, 0.4) is 0 Å². The summed E-state index contributed by atoms with van der Waals surface area (Å²) in [6, 6.07) is 11.2. The third kappa shape index (κ3) is 5.95. The zero-order chi connectivity index (χ0) is 19.1. The van der Waals surface area contributed by atoms with Crippen molar-refractivity contribution in [1.29, 1.82) is 0 Å². The van der Waals surface area contributed by atoms with E-state index in [2.05, 4.69) is 0 Å². The number of carbonyl (C=O) groups excluding carboxylic acids is 1. The van der Waals surface area contributed by atoms with E-state index >= 15 is 0 Å². The van der Waals surface area contributed by atoms with Crippen LogP contribution in [0.25, 0.3) is 0 Å². The summed E-state index contributed by atoms with van der Waals surface area (Å²) in [6.07, 6.45) is 0.536. The van der Waals surface area contributed by atoms with Crippen LogP contribution in [-0.2, 0) is 22.6 Å². The molecule has 1 amide bonds. The van der Waals surface area contributed by atoms with Gasteiger partial charge in [-0.2, -0.15) is 0 Å². The van der Waals surface area contributed by atoms with Gasteiger partial charge in [-0.25, -0.2) is 8.78 Å². The Kier molecular flexibility index (Phi) is 6.83. The van der Waals surface area contributed by atoms with Crippen LogP contribution in [-0.4, -0.2) is 28.4 Å². The molecule has 0 atom stereocenters. The molecule has 1 N–H and O–H groups in total. The van der Waals surface area contributed by atoms with Gasteiger partial charge in [0.05, 0.1) is 6.42 Å². The number of carbonyl (C=O) groups is 2. The molecule has 0 aromatic heterocycles. The largest absolute Gasteiger partial charge is 0.481 e. The summed E-state index contributed by atoms with van der Waals surface area (Å²) in [5.74, 6) is -3.20. The smallest absolute Gasteiger partial charge is 0.305 e. The highest BCUT2D eigenvalue weighted by Gasteiger charge is 2.16. The second kappa shape index (κ2) is 9.08. The van der Waals surface area contributed by atoms with E-state index in [9.17, 15) is 18.4 Å². The van der Waals surface area contributed by atoms with E-state index in [4.69, 9.17) is 5.11 Å². The van der Waals surface area contributed by atoms with Crippen LogP contribution in [0.1, 0.15) is 29.5 Å². The second-order valence-corrected chi connectivity index (χ2v) is 6.20. The molecule has 0 fully saturated rings. The Hall–Kier alpha value is -2.76. The first-order valence-electron chi connectivity index (χ1n) is 8.34. The molecule has 2 rings (SSSR count). The number of carboxylic acids is 1. The Morgan fingerprint density at radius 1 is 1.00 bits per heavy atom. The monoisotopic (exact) mass is 361 g/mol. The first-order valence-corrected chi connectivity index (χ1v) is 8.34. The van der Waals surface area contributed by atoms with Crippen molar-refractivity contribution in [2.75, 3.05) is 6.54 Å². The molecule has 0 spiro atoms. The number of carboxylic acid groups (broad SMARTS) is 1. The molecule has 26 heavy (non-hydrogen) atoms. The van der Waals surface area contributed by atoms with E-state index < -0.39 is 17.6 Å². The normalized spacial score (nSPS) is 10.6. The summed E-state index contributed by atoms with van der Waals surface area (Å²) in [7, 11) is 0. The van der Waals surface area contributed by atoms with Crippen LogP contribution < -0.4 is 0 Å². The average Bonchev–Trinajstić information content (AvgIpc) is 2.59. The molecule has 2 aromatic rings. The number of halogens is 2. The first kappa shape index (κ1) is 19.6. The van der Waals surface area contributed by atoms with Crippen LogP contribution in [0.4, 0.5) is 8.78 Å². The summed E-state index contributed by atoms with van der Waals surface area (Å²) in [4.78, 5) is 24.8. The molecule has 6 heteroatoms. The summed E-state index contributed by atoms with van der Waals surface area (Å²) in [6.45, 7) is 2.02. The maximum Gasteiger partial charge on any atom is 0.305 e. The molecule has 0 radical (unpaired) electrons. The molecule has 138 valence electrons. The van der Waals surface area contributed by atoms with E-state index in [-0.39, 0.29) is 31.8 Å². The van der Waals surface area contributed by atoms with Gasteiger partial charge in [0.15, 0.2) is 11.6 Å². The number of hydrogen-bond acceptors (Lipinski definition) is 2. The third-order valence-corrected chi connectivity index (χ3v) is 4.02. The number of benzene rings is 2. The molecule has 0 aliphatic heterocycles. The van der Waals surface area contributed by atoms with Crippen molar-refractivity contribution in [2.24, 2.45) is 0 Å². The molecule has 2 aromatic carbocycles. The van der Waals surface area contributed by atoms with Crippen LogP contribution in [0.5, 0.6) is 0 Å². The summed E-state index contributed by atoms with van der Waals surface area (Å²) < 4.78 is 26.4. The Balaban J connectivity index is 2.05. The molecule has 0 bridgehead atoms. The minimum atomic E-state index is -1.02. The van der Waals surface area contributed by atoms with Crippen molar-refractivity contribution >= 4 is 11.9 Å². The highest BCUT2D eigenvalue weighted by Crippen LogP contribution is 2.14. The van der Waals surface area contributed by atoms with Crippen LogP contribution in [0.2, 0.25) is 0 Å². The van der Waals surface area contributed by atoms with E-state index in [0.717, 1.165) is 23.3 Å². The molecule has 0 saturated carbocycles. The van der Waals surface area contributed by atoms with Crippen molar-refractivity contribution in [3.8, 4) is 0 Å². The first-order chi connectivity index (χ1) is 12.3. The molecular formula is C20H21F2NO3. The zero-order valence-corrected chi connectivity index (χ0v) is 14.5. The fourth-order valence-electron chi connectivity index (χ4n) is 2.66. The van der Waals surface area contributed by atoms with Crippen molar-refractivity contribution in [3.63, 3.8) is 0 Å². The van der Waals surface area contributed by atoms with Gasteiger partial charge in [-0.05, 0) is 36.6 Å². The number of hydrogen-bond donors (Lipinski definition) is 1. The predicted octanol–water partition coefficient (Wildman–Crippen LogP) is 3.71. The van der Waals surface area contributed by atoms with Crippen molar-refractivity contribution in [1.82, 2.24) is 4.90 Å². The molecule has 4 nitrogen and oxygen atoms in total. The third-order valence-electron chi connectivity index (χ3n) is 4.02. The van der Waals surface area contributed by atoms with Gasteiger partial charge < -0.3 is 10.0 Å². The van der Waals surface area contributed by atoms with Gasteiger partial charge in [-0.1, -0.05) is 35.9 Å². The number of nitrogens with zero attached hydrogens (tertiary/aromatic N) is 1. The summed E-state index contributed by atoms with van der Waals surface area (Å²) in [5, 5.41) is 8.88. The summed E-state index contributed by atoms with van der Waals surface area (Å²) >= 11 is 0. The highest BCUT2D eigenvalue weighted by molar-refractivity contribution is 5.77. The maximum atomic E-state index is 13.4. The zero-order valence-electron chi connectivity index (χ0n) is 14.5. The Morgan fingerprint density at radius 3 is 2.42 bits per heavy atom. The van der Waals surface area contributed by atoms with Gasteiger partial charge >= 0.3 is 5.97 Å². The Labute approximate surface area is 151 Å². The van der Waals surface area contributed by atoms with Gasteiger partial charge in [0.25, 0.3) is 0 Å². The maximum absolute atomic E-state index is 13.4. The number of aliphatic carboxylic acids is 1. The fraction of sp³-hybridized carbons (Fsp3) is 0.300. The molecule has 0 unspecified atom stereocenters. The topological polar surface area (TPSA) is 57.6 Å². The molecule has 0 aliphatic carbocycles. The van der Waals surface area contributed by atoms with Crippen molar-refractivity contribution in [2.45, 2.75) is 32.7 Å². The van der Waals surface area contributed by atoms with E-state index in [0.29, 0.717) is 12.0 Å². The van der Waals surface area contributed by atoms with E-state index in [1.54, 1.807) is 0 Å². The summed E-state index contributed by atoms with van der Waals surface area (Å²) in [5.41, 5.74) is 2.53. The molecular weight excluding hydrogens is 340 g/mol. The minimum absolute atomic E-state index is 0.0149. The van der Waals surface area contributed by atoms with Crippen molar-refractivity contribution in [3.05, 3.63) is 70.8 Å². The van der Waals surface area contributed by atoms with E-state index in [1.807, 2.05) is 31.2 Å². The van der Waals surface area contributed by atoms with Crippen LogP contribution in [0.15, 0.2) is 42.5 Å². The van der Waals surface area contributed by atoms with Crippen molar-refractivity contribution < 1.29 is 23.5 Å². The minimum Gasteiger partial charge on any atom is -0.481 e. The number of amides is 1. The van der Waals surface area contributed by atoms with Gasteiger partial charge in [0.2, 0.25) is 5.91 Å². The lowest BCUT2D eigenvalue weighted by atomic mass is 10.1. The fourth-order valence-corrected chi connectivity index (χ4v) is 2.66. The highest BCUT2D eigenvalue weighted by atomic mass is 19.2. The average molecular weight is 361 g/mol. The standard InChI is InChI=1S/C20H21F2NO3/c1-14-3-2-4-15(11-14)6-8-19(24)23(10-9-20(25)26)13-16-5-7-17(21)18(22)12-16/h2-5,7,11-12H,6,8-10,13H2,1H3,(H,25,26). The van der Waals surface area contributed by atoms with Crippen LogP contribution in [0, 0.1) is 18.6 Å². The van der Waals surface area contributed by atoms with Gasteiger partial charge in [0, 0.05) is 19.5 Å². The van der Waals surface area contributed by atoms with Gasteiger partial charge in [-0.3, -0.25) is 9.59 Å². The SMILES string of the molecule is Cc1cccc(CCC(=O)N(CCC(=O)O)Cc2ccc(F)c(F)c2)c1. The Morgan fingerprint density at radius 2 is 1.77 bits per heavy atom.